The van der Waals surface area contributed by atoms with Crippen LogP contribution in [0.15, 0.2) is 23.8 Å². The molecule has 0 radical (unpaired) electrons. The van der Waals surface area contributed by atoms with Gasteiger partial charge in [0.25, 0.3) is 0 Å². The quantitative estimate of drug-likeness (QED) is 0.154. The van der Waals surface area contributed by atoms with Crippen molar-refractivity contribution in [1.82, 2.24) is 0 Å². The molecule has 0 unspecified atom stereocenters. The number of aliphatic hydroxyl groups is 1. The van der Waals surface area contributed by atoms with Gasteiger partial charge >= 0.3 is 18.0 Å². The van der Waals surface area contributed by atoms with Gasteiger partial charge < -0.3 is 14.0 Å². The molecule has 0 heterocycles. The Kier molecular flexibility index (Phi) is 12.7. The third kappa shape index (κ3) is 9.23. The number of rotatable bonds is 8. The first-order valence-corrected chi connectivity index (χ1v) is 23.1. The van der Waals surface area contributed by atoms with E-state index >= 15 is 0 Å². The summed E-state index contributed by atoms with van der Waals surface area (Å²) in [6.45, 7) is 30.7. The summed E-state index contributed by atoms with van der Waals surface area (Å²) < 4.78 is 92.5. The molecule has 0 saturated heterocycles. The normalized spacial score (nSPS) is 28.1. The molecule has 11 heteroatoms. The van der Waals surface area contributed by atoms with Crippen molar-refractivity contribution in [3.05, 3.63) is 23.8 Å². The molecule has 0 spiro atoms. The van der Waals surface area contributed by atoms with Crippen LogP contribution in [-0.2, 0) is 8.85 Å². The van der Waals surface area contributed by atoms with Gasteiger partial charge in [0.05, 0.1) is 12.2 Å². The van der Waals surface area contributed by atoms with E-state index in [2.05, 4.69) is 106 Å². The first-order chi connectivity index (χ1) is 21.2. The molecule has 0 aliphatic heterocycles. The van der Waals surface area contributed by atoms with Crippen LogP contribution >= 0.6 is 0 Å². The Morgan fingerprint density at radius 1 is 0.854 bits per heavy atom. The van der Waals surface area contributed by atoms with Crippen LogP contribution in [0.3, 0.4) is 0 Å². The number of hydrogen-bond donors (Lipinski definition) is 1. The zero-order valence-corrected chi connectivity index (χ0v) is 33.8. The van der Waals surface area contributed by atoms with E-state index in [4.69, 9.17) is 8.85 Å². The lowest BCUT2D eigenvalue weighted by molar-refractivity contribution is -0.343. The molecule has 2 rings (SSSR count). The molecule has 2 aliphatic rings. The molecule has 278 valence electrons. The number of hydrogen-bond acceptors (Lipinski definition) is 3. The lowest BCUT2D eigenvalue weighted by atomic mass is 9.59. The first-order valence-electron chi connectivity index (χ1n) is 17.3. The summed E-state index contributed by atoms with van der Waals surface area (Å²) in [5.74, 6) is 3.03. The fraction of sp³-hybridized carbons (Fsp3) is 0.838. The third-order valence-electron chi connectivity index (χ3n) is 12.7. The summed E-state index contributed by atoms with van der Waals surface area (Å²) >= 11 is 0. The van der Waals surface area contributed by atoms with Crippen LogP contribution in [0.1, 0.15) is 108 Å². The number of allylic oxidation sites excluding steroid dienone is 3. The van der Waals surface area contributed by atoms with Gasteiger partial charge in [0.1, 0.15) is 0 Å². The predicted molar refractivity (Wildman–Crippen MR) is 188 cm³/mol. The standard InChI is InChI=1S/C37H62F6O3Si2/c1-26(17-16-21-35(44,36(38,39)40)37(41,42)43)34(10)22-20-28(33(34,8)9)19-15-18-27-23-29(45-47(11,12)31(2,3)4)25-30(24-27)46-48(13,14)32(5,6)7/h15,18-19,26,28-30,44H,17,20,22-25H2,1-14H3/b19-15+,27-18?/t26-,28-,29-,30+,34-/m1/s1. The molecule has 0 aromatic rings. The van der Waals surface area contributed by atoms with Crippen molar-refractivity contribution in [2.45, 2.75) is 174 Å². The summed E-state index contributed by atoms with van der Waals surface area (Å²) in [5, 5.41) is 9.62. The van der Waals surface area contributed by atoms with Gasteiger partial charge in [0.2, 0.25) is 0 Å². The van der Waals surface area contributed by atoms with E-state index in [-0.39, 0.29) is 46.0 Å². The van der Waals surface area contributed by atoms with E-state index in [9.17, 15) is 31.4 Å². The molecule has 0 aromatic heterocycles. The van der Waals surface area contributed by atoms with Crippen LogP contribution in [0.5, 0.6) is 0 Å². The number of alkyl halides is 6. The second kappa shape index (κ2) is 14.2. The molecule has 1 N–H and O–H groups in total. The minimum absolute atomic E-state index is 0.0783. The van der Waals surface area contributed by atoms with E-state index in [1.54, 1.807) is 0 Å². The minimum atomic E-state index is -5.95. The van der Waals surface area contributed by atoms with E-state index in [1.165, 1.54) is 5.57 Å². The summed E-state index contributed by atoms with van der Waals surface area (Å²) in [5.41, 5.74) is -4.46. The Bertz CT molecular complexity index is 1190. The minimum Gasteiger partial charge on any atom is -0.414 e. The SMILES string of the molecule is C[C@H](CC#CC(O)(C(F)(F)F)C(F)(F)F)[C@@]1(C)CC[C@@H](/C=C/C=C2C[C@@H](O[Si](C)(C)C(C)(C)C)C[C@@H](O[Si](C)(C)C(C)(C)C)C2)C1(C)C. The van der Waals surface area contributed by atoms with Crippen molar-refractivity contribution in [2.75, 3.05) is 0 Å². The van der Waals surface area contributed by atoms with Gasteiger partial charge in [0, 0.05) is 6.42 Å². The zero-order valence-electron chi connectivity index (χ0n) is 31.8. The molecule has 3 nitrogen and oxygen atoms in total. The van der Waals surface area contributed by atoms with Gasteiger partial charge in [-0.2, -0.15) is 26.3 Å². The second-order valence-electron chi connectivity index (χ2n) is 18.3. The third-order valence-corrected chi connectivity index (χ3v) is 21.7. The van der Waals surface area contributed by atoms with Crippen LogP contribution in [0.2, 0.25) is 36.3 Å². The summed E-state index contributed by atoms with van der Waals surface area (Å²) in [6, 6.07) is 0. The maximum atomic E-state index is 13.1. The van der Waals surface area contributed by atoms with Crippen LogP contribution in [-0.4, -0.2) is 51.9 Å². The van der Waals surface area contributed by atoms with Gasteiger partial charge in [0.15, 0.2) is 16.6 Å². The van der Waals surface area contributed by atoms with Crippen molar-refractivity contribution in [2.24, 2.45) is 22.7 Å². The highest BCUT2D eigenvalue weighted by Crippen LogP contribution is 2.60. The maximum Gasteiger partial charge on any atom is 0.438 e. The van der Waals surface area contributed by atoms with Crippen molar-refractivity contribution in [3.8, 4) is 11.8 Å². The zero-order chi connectivity index (χ0) is 37.6. The fourth-order valence-corrected chi connectivity index (χ4v) is 9.33. The Morgan fingerprint density at radius 2 is 1.29 bits per heavy atom. The molecular formula is C37H62F6O3Si2. The van der Waals surface area contributed by atoms with Crippen LogP contribution in [0.25, 0.3) is 0 Å². The van der Waals surface area contributed by atoms with Crippen molar-refractivity contribution >= 4 is 16.6 Å². The molecule has 0 bridgehead atoms. The first kappa shape index (κ1) is 43.1. The molecule has 0 amide bonds. The summed E-state index contributed by atoms with van der Waals surface area (Å²) in [6.07, 6.45) is -1.28. The molecule has 2 fully saturated rings. The average Bonchev–Trinajstić information content (AvgIpc) is 3.09. The van der Waals surface area contributed by atoms with Gasteiger partial charge in [-0.3, -0.25) is 0 Å². The van der Waals surface area contributed by atoms with Crippen LogP contribution < -0.4 is 0 Å². The molecule has 48 heavy (non-hydrogen) atoms. The summed E-state index contributed by atoms with van der Waals surface area (Å²) in [7, 11) is -4.02. The topological polar surface area (TPSA) is 38.7 Å². The van der Waals surface area contributed by atoms with Gasteiger partial charge in [-0.05, 0) is 97.0 Å². The van der Waals surface area contributed by atoms with E-state index in [0.29, 0.717) is 0 Å². The fourth-order valence-electron chi connectivity index (χ4n) is 6.60. The highest BCUT2D eigenvalue weighted by Gasteiger charge is 2.70. The Labute approximate surface area is 289 Å². The van der Waals surface area contributed by atoms with Gasteiger partial charge in [-0.15, -0.1) is 0 Å². The molecular weight excluding hydrogens is 663 g/mol. The highest BCUT2D eigenvalue weighted by atomic mass is 28.4. The Hall–Kier alpha value is -1.07. The van der Waals surface area contributed by atoms with Gasteiger partial charge in [-0.1, -0.05) is 99.0 Å². The van der Waals surface area contributed by atoms with Crippen molar-refractivity contribution in [1.29, 1.82) is 0 Å². The largest absolute Gasteiger partial charge is 0.438 e. The van der Waals surface area contributed by atoms with E-state index < -0.39 is 40.0 Å². The van der Waals surface area contributed by atoms with Crippen LogP contribution in [0, 0.1) is 34.5 Å². The van der Waals surface area contributed by atoms with Gasteiger partial charge in [-0.25, -0.2) is 0 Å². The lowest BCUT2D eigenvalue weighted by Gasteiger charge is -2.45. The molecule has 2 saturated carbocycles. The van der Waals surface area contributed by atoms with E-state index in [1.807, 2.05) is 13.8 Å². The smallest absolute Gasteiger partial charge is 0.414 e. The lowest BCUT2D eigenvalue weighted by Crippen LogP contribution is -2.55. The second-order valence-corrected chi connectivity index (χ2v) is 27.8. The molecule has 2 aliphatic carbocycles. The maximum absolute atomic E-state index is 13.1. The highest BCUT2D eigenvalue weighted by molar-refractivity contribution is 6.74. The van der Waals surface area contributed by atoms with Crippen LogP contribution in [0.4, 0.5) is 26.3 Å². The van der Waals surface area contributed by atoms with Crippen molar-refractivity contribution < 1.29 is 40.3 Å². The average molecular weight is 725 g/mol. The molecule has 5 atom stereocenters. The van der Waals surface area contributed by atoms with E-state index in [0.717, 1.165) is 38.0 Å². The monoisotopic (exact) mass is 724 g/mol. The molecule has 0 aromatic carbocycles. The number of halogens is 6. The predicted octanol–water partition coefficient (Wildman–Crippen LogP) is 11.8. The Morgan fingerprint density at radius 3 is 1.69 bits per heavy atom. The van der Waals surface area contributed by atoms with Crippen molar-refractivity contribution in [3.63, 3.8) is 0 Å². The Balaban J connectivity index is 2.29. The summed E-state index contributed by atoms with van der Waals surface area (Å²) in [4.78, 5) is 0.